The number of ether oxygens (including phenoxy) is 1. The number of hydrogen-bond acceptors (Lipinski definition) is 5. The Morgan fingerprint density at radius 1 is 1.14 bits per heavy atom. The third-order valence-electron chi connectivity index (χ3n) is 5.86. The summed E-state index contributed by atoms with van der Waals surface area (Å²) in [6.45, 7) is 6.34. The predicted molar refractivity (Wildman–Crippen MR) is 133 cm³/mol. The zero-order valence-electron chi connectivity index (χ0n) is 19.8. The lowest BCUT2D eigenvalue weighted by molar-refractivity contribution is 0.102. The van der Waals surface area contributed by atoms with Gasteiger partial charge in [-0.1, -0.05) is 23.9 Å². The van der Waals surface area contributed by atoms with Crippen molar-refractivity contribution >= 4 is 28.4 Å². The molecular formula is C26H25F2N3O3S. The summed E-state index contributed by atoms with van der Waals surface area (Å²) in [4.78, 5) is 31.0. The molecule has 4 aromatic rings. The molecule has 0 amide bonds. The Morgan fingerprint density at radius 2 is 1.89 bits per heavy atom. The second-order valence-corrected chi connectivity index (χ2v) is 9.26. The SMILES string of the molecule is COCC(C)n1c(C)cc(C(=O)CSc2nc3ccccc3c(=O)n2-c2ccc(F)cc2F)c1C. The van der Waals surface area contributed by atoms with Gasteiger partial charge >= 0.3 is 0 Å². The van der Waals surface area contributed by atoms with Crippen molar-refractivity contribution < 1.29 is 18.3 Å². The van der Waals surface area contributed by atoms with Crippen molar-refractivity contribution in [2.45, 2.75) is 32.0 Å². The van der Waals surface area contributed by atoms with Gasteiger partial charge in [0.25, 0.3) is 5.56 Å². The minimum absolute atomic E-state index is 0.0173. The number of rotatable bonds is 8. The van der Waals surface area contributed by atoms with Crippen LogP contribution in [0.25, 0.3) is 16.6 Å². The maximum atomic E-state index is 14.7. The summed E-state index contributed by atoms with van der Waals surface area (Å²) >= 11 is 1.04. The monoisotopic (exact) mass is 497 g/mol. The third kappa shape index (κ3) is 4.78. The number of benzene rings is 2. The standard InChI is InChI=1S/C26H25F2N3O3S/c1-15-11-20(17(3)30(15)16(2)13-34-4)24(32)14-35-26-29-22-8-6-5-7-19(22)25(33)31(26)23-10-9-18(27)12-21(23)28/h5-12,16H,13-14H2,1-4H3. The van der Waals surface area contributed by atoms with Gasteiger partial charge in [-0.05, 0) is 51.1 Å². The number of methoxy groups -OCH3 is 1. The first-order valence-electron chi connectivity index (χ1n) is 11.0. The number of Topliss-reactive ketones (excluding diaryl/α,β-unsaturated/α-hetero) is 1. The molecule has 0 saturated heterocycles. The summed E-state index contributed by atoms with van der Waals surface area (Å²) in [5.41, 5.74) is 2.14. The van der Waals surface area contributed by atoms with Gasteiger partial charge in [0, 0.05) is 30.1 Å². The van der Waals surface area contributed by atoms with Gasteiger partial charge in [0.2, 0.25) is 0 Å². The Labute approximate surface area is 205 Å². The highest BCUT2D eigenvalue weighted by molar-refractivity contribution is 7.99. The van der Waals surface area contributed by atoms with Gasteiger partial charge in [-0.2, -0.15) is 0 Å². The lowest BCUT2D eigenvalue weighted by atomic mass is 10.2. The lowest BCUT2D eigenvalue weighted by Crippen LogP contribution is -2.23. The van der Waals surface area contributed by atoms with Crippen LogP contribution in [0, 0.1) is 25.5 Å². The lowest BCUT2D eigenvalue weighted by Gasteiger charge is -2.17. The van der Waals surface area contributed by atoms with Crippen LogP contribution in [0.1, 0.15) is 34.7 Å². The topological polar surface area (TPSA) is 66.1 Å². The average Bonchev–Trinajstić information content (AvgIpc) is 3.12. The number of aromatic nitrogens is 3. The molecule has 182 valence electrons. The molecule has 9 heteroatoms. The van der Waals surface area contributed by atoms with Crippen LogP contribution in [0.15, 0.2) is 58.5 Å². The number of carbonyl (C=O) groups is 1. The molecule has 1 unspecified atom stereocenters. The second kappa shape index (κ2) is 10.1. The van der Waals surface area contributed by atoms with Crippen LogP contribution in [0.4, 0.5) is 8.78 Å². The maximum absolute atomic E-state index is 14.7. The maximum Gasteiger partial charge on any atom is 0.266 e. The first-order valence-corrected chi connectivity index (χ1v) is 12.0. The van der Waals surface area contributed by atoms with E-state index in [1.165, 1.54) is 6.07 Å². The normalized spacial score (nSPS) is 12.3. The Kier molecular flexibility index (Phi) is 7.18. The van der Waals surface area contributed by atoms with Crippen LogP contribution in [0.5, 0.6) is 0 Å². The molecule has 0 spiro atoms. The van der Waals surface area contributed by atoms with Crippen molar-refractivity contribution in [3.05, 3.63) is 87.5 Å². The van der Waals surface area contributed by atoms with E-state index in [4.69, 9.17) is 4.74 Å². The predicted octanol–water partition coefficient (Wildman–Crippen LogP) is 5.26. The summed E-state index contributed by atoms with van der Waals surface area (Å²) in [6, 6.07) is 11.6. The molecular weight excluding hydrogens is 472 g/mol. The van der Waals surface area contributed by atoms with Crippen molar-refractivity contribution in [1.29, 1.82) is 0 Å². The molecule has 1 atom stereocenters. The van der Waals surface area contributed by atoms with Crippen molar-refractivity contribution in [2.24, 2.45) is 0 Å². The highest BCUT2D eigenvalue weighted by Gasteiger charge is 2.21. The average molecular weight is 498 g/mol. The van der Waals surface area contributed by atoms with Gasteiger partial charge < -0.3 is 9.30 Å². The largest absolute Gasteiger partial charge is 0.383 e. The fraction of sp³-hybridized carbons (Fsp3) is 0.269. The van der Waals surface area contributed by atoms with E-state index in [2.05, 4.69) is 9.55 Å². The fourth-order valence-electron chi connectivity index (χ4n) is 4.35. The van der Waals surface area contributed by atoms with Gasteiger partial charge in [-0.15, -0.1) is 0 Å². The second-order valence-electron chi connectivity index (χ2n) is 8.32. The van der Waals surface area contributed by atoms with Gasteiger partial charge in [0.1, 0.15) is 11.6 Å². The quantitative estimate of drug-likeness (QED) is 0.189. The summed E-state index contributed by atoms with van der Waals surface area (Å²) in [5, 5.41) is 0.441. The number of aryl methyl sites for hydroxylation is 1. The molecule has 6 nitrogen and oxygen atoms in total. The van der Waals surface area contributed by atoms with E-state index in [1.54, 1.807) is 31.4 Å². The number of nitrogens with zero attached hydrogens (tertiary/aromatic N) is 3. The van der Waals surface area contributed by atoms with E-state index in [-0.39, 0.29) is 28.4 Å². The Morgan fingerprint density at radius 3 is 2.60 bits per heavy atom. The molecule has 0 fully saturated rings. The smallest absolute Gasteiger partial charge is 0.266 e. The number of halogens is 2. The van der Waals surface area contributed by atoms with Crippen LogP contribution < -0.4 is 5.56 Å². The summed E-state index contributed by atoms with van der Waals surface area (Å²) in [6.07, 6.45) is 0. The summed E-state index contributed by atoms with van der Waals surface area (Å²) in [7, 11) is 1.63. The van der Waals surface area contributed by atoms with Gasteiger partial charge in [0.05, 0.1) is 35.0 Å². The molecule has 0 aliphatic carbocycles. The number of ketones is 1. The van der Waals surface area contributed by atoms with Crippen molar-refractivity contribution in [3.8, 4) is 5.69 Å². The van der Waals surface area contributed by atoms with Crippen LogP contribution in [-0.4, -0.2) is 39.4 Å². The van der Waals surface area contributed by atoms with E-state index >= 15 is 0 Å². The van der Waals surface area contributed by atoms with Gasteiger partial charge in [0.15, 0.2) is 10.9 Å². The van der Waals surface area contributed by atoms with Crippen LogP contribution in [0.3, 0.4) is 0 Å². The van der Waals surface area contributed by atoms with Crippen LogP contribution in [-0.2, 0) is 4.74 Å². The molecule has 0 N–H and O–H groups in total. The zero-order chi connectivity index (χ0) is 25.3. The molecule has 4 rings (SSSR count). The minimum atomic E-state index is -0.895. The van der Waals surface area contributed by atoms with Gasteiger partial charge in [-0.25, -0.2) is 13.8 Å². The van der Waals surface area contributed by atoms with Gasteiger partial charge in [-0.3, -0.25) is 14.2 Å². The fourth-order valence-corrected chi connectivity index (χ4v) is 5.23. The minimum Gasteiger partial charge on any atom is -0.383 e. The van der Waals surface area contributed by atoms with Crippen molar-refractivity contribution in [2.75, 3.05) is 19.5 Å². The molecule has 2 aromatic heterocycles. The molecule has 2 heterocycles. The Hall–Kier alpha value is -3.30. The Balaban J connectivity index is 1.73. The van der Waals surface area contributed by atoms with E-state index in [0.717, 1.165) is 33.8 Å². The summed E-state index contributed by atoms with van der Waals surface area (Å²) in [5.74, 6) is -1.81. The number of carbonyl (C=O) groups excluding carboxylic acids is 1. The molecule has 0 bridgehead atoms. The molecule has 0 aliphatic heterocycles. The Bertz CT molecular complexity index is 1480. The molecule has 0 saturated carbocycles. The molecule has 2 aromatic carbocycles. The number of thioether (sulfide) groups is 1. The summed E-state index contributed by atoms with van der Waals surface area (Å²) < 4.78 is 36.6. The number of fused-ring (bicyclic) bond motifs is 1. The molecule has 35 heavy (non-hydrogen) atoms. The molecule has 0 radical (unpaired) electrons. The van der Waals surface area contributed by atoms with Crippen molar-refractivity contribution in [3.63, 3.8) is 0 Å². The van der Waals surface area contributed by atoms with E-state index in [0.29, 0.717) is 29.1 Å². The first kappa shape index (κ1) is 24.8. The third-order valence-corrected chi connectivity index (χ3v) is 6.80. The van der Waals surface area contributed by atoms with Crippen LogP contribution in [0.2, 0.25) is 0 Å². The molecule has 0 aliphatic rings. The first-order chi connectivity index (χ1) is 16.7. The van der Waals surface area contributed by atoms with Crippen LogP contribution >= 0.6 is 11.8 Å². The van der Waals surface area contributed by atoms with E-state index in [1.807, 2.05) is 26.8 Å². The highest BCUT2D eigenvalue weighted by Crippen LogP contribution is 2.26. The van der Waals surface area contributed by atoms with E-state index in [9.17, 15) is 18.4 Å². The number of para-hydroxylation sites is 1. The highest BCUT2D eigenvalue weighted by atomic mass is 32.2. The number of hydrogen-bond donors (Lipinski definition) is 0. The van der Waals surface area contributed by atoms with E-state index < -0.39 is 17.2 Å². The van der Waals surface area contributed by atoms with Crippen molar-refractivity contribution in [1.82, 2.24) is 14.1 Å². The zero-order valence-corrected chi connectivity index (χ0v) is 20.7.